The molecule has 0 N–H and O–H groups in total. The van der Waals surface area contributed by atoms with Crippen molar-refractivity contribution in [1.82, 2.24) is 0 Å². The van der Waals surface area contributed by atoms with E-state index < -0.39 is 0 Å². The highest BCUT2D eigenvalue weighted by atomic mass is 16.5. The highest BCUT2D eigenvalue weighted by Gasteiger charge is 2.33. The van der Waals surface area contributed by atoms with Crippen LogP contribution in [0, 0.1) is 6.92 Å². The summed E-state index contributed by atoms with van der Waals surface area (Å²) in [6.07, 6.45) is 1.56. The molecule has 0 saturated heterocycles. The molecule has 0 fully saturated rings. The third kappa shape index (κ3) is 11.3. The van der Waals surface area contributed by atoms with Gasteiger partial charge in [0.1, 0.15) is 11.5 Å². The molecule has 12 aromatic carbocycles. The van der Waals surface area contributed by atoms with Crippen LogP contribution in [0.25, 0.3) is 55.6 Å². The lowest BCUT2D eigenvalue weighted by Gasteiger charge is -2.33. The minimum absolute atomic E-state index is 0.0672. The maximum absolute atomic E-state index is 7.24. The predicted octanol–water partition coefficient (Wildman–Crippen LogP) is 22.6. The summed E-state index contributed by atoms with van der Waals surface area (Å²) in [6.45, 7) is 16.3. The summed E-state index contributed by atoms with van der Waals surface area (Å²) < 4.78 is 7.24. The Bertz CT molecular complexity index is 4330. The van der Waals surface area contributed by atoms with Crippen LogP contribution in [-0.2, 0) is 23.7 Å². The molecule has 0 amide bonds. The van der Waals surface area contributed by atoms with Crippen molar-refractivity contribution in [3.8, 4) is 67.1 Å². The second kappa shape index (κ2) is 23.5. The van der Waals surface area contributed by atoms with Crippen LogP contribution in [0.15, 0.2) is 285 Å². The van der Waals surface area contributed by atoms with E-state index in [-0.39, 0.29) is 22.7 Å². The maximum Gasteiger partial charge on any atom is 0.127 e. The Morgan fingerprint density at radius 2 is 0.756 bits per heavy atom. The molecule has 0 heterocycles. The van der Waals surface area contributed by atoms with Crippen LogP contribution >= 0.6 is 0 Å². The Labute approximate surface area is 510 Å². The number of ether oxygens (including phenoxy) is 1. The zero-order valence-corrected chi connectivity index (χ0v) is 50.6. The second-order valence-electron chi connectivity index (χ2n) is 25.6. The van der Waals surface area contributed by atoms with Gasteiger partial charge in [0.15, 0.2) is 0 Å². The zero-order valence-electron chi connectivity index (χ0n) is 50.6. The van der Waals surface area contributed by atoms with Crippen molar-refractivity contribution in [3.63, 3.8) is 0 Å². The van der Waals surface area contributed by atoms with Gasteiger partial charge in [0.05, 0.1) is 0 Å². The molecule has 0 radical (unpaired) electrons. The van der Waals surface area contributed by atoms with E-state index in [1.54, 1.807) is 0 Å². The molecule has 2 unspecified atom stereocenters. The third-order valence-corrected chi connectivity index (χ3v) is 17.8. The number of benzene rings is 12. The number of aryl methyl sites for hydroxylation is 1. The van der Waals surface area contributed by atoms with E-state index in [1.807, 2.05) is 0 Å². The molecule has 0 saturated carbocycles. The number of rotatable bonds is 11. The summed E-state index contributed by atoms with van der Waals surface area (Å²) in [6, 6.07) is 106. The van der Waals surface area contributed by atoms with Crippen molar-refractivity contribution < 1.29 is 4.74 Å². The van der Waals surface area contributed by atoms with Gasteiger partial charge in [0.25, 0.3) is 0 Å². The normalized spacial score (nSPS) is 13.8. The van der Waals surface area contributed by atoms with E-state index in [9.17, 15) is 0 Å². The monoisotopic (exact) mass is 1110 g/mol. The lowest BCUT2D eigenvalue weighted by molar-refractivity contribution is 0.481. The Balaban J connectivity index is 0.969. The highest BCUT2D eigenvalue weighted by molar-refractivity contribution is 5.84. The molecule has 1 nitrogen and oxygen atoms in total. The summed E-state index contributed by atoms with van der Waals surface area (Å²) in [5.41, 5.74) is 28.7. The lowest BCUT2D eigenvalue weighted by atomic mass is 9.70. The van der Waals surface area contributed by atoms with Gasteiger partial charge in [-0.3, -0.25) is 0 Å². The van der Waals surface area contributed by atoms with Crippen LogP contribution in [0.1, 0.15) is 126 Å². The van der Waals surface area contributed by atoms with Crippen LogP contribution in [0.3, 0.4) is 0 Å². The van der Waals surface area contributed by atoms with Gasteiger partial charge in [0, 0.05) is 11.8 Å². The van der Waals surface area contributed by atoms with Gasteiger partial charge >= 0.3 is 0 Å². The SMILES string of the molecule is Cc1cc(C2c3ccccc3-c3cc(C(C)(C)C)ccc3C(c3ccccc3)c3ccc(C(C)(C)C)cc3-c3ccc(Oc4cccc(Cc5ccccc5Cc5c(-c6ccccc6)cccc5-c5ccccc5)c4)cc32)ccc1-c1ccccc1. The fraction of sp³-hybridized carbons (Fsp3) is 0.153. The Kier molecular flexibility index (Phi) is 15.2. The van der Waals surface area contributed by atoms with E-state index in [0.29, 0.717) is 0 Å². The molecule has 1 aliphatic rings. The van der Waals surface area contributed by atoms with E-state index in [1.165, 1.54) is 128 Å². The average molecular weight is 1110 g/mol. The van der Waals surface area contributed by atoms with E-state index >= 15 is 0 Å². The van der Waals surface area contributed by atoms with Crippen molar-refractivity contribution in [3.05, 3.63) is 357 Å². The molecule has 420 valence electrons. The summed E-state index contributed by atoms with van der Waals surface area (Å²) >= 11 is 0. The maximum atomic E-state index is 7.24. The van der Waals surface area contributed by atoms with Crippen molar-refractivity contribution in [1.29, 1.82) is 0 Å². The minimum Gasteiger partial charge on any atom is -0.457 e. The Morgan fingerprint density at radius 1 is 0.302 bits per heavy atom. The first-order valence-corrected chi connectivity index (χ1v) is 30.6. The number of hydrogen-bond donors (Lipinski definition) is 0. The van der Waals surface area contributed by atoms with Gasteiger partial charge in [-0.2, -0.15) is 0 Å². The first kappa shape index (κ1) is 55.6. The van der Waals surface area contributed by atoms with E-state index in [0.717, 1.165) is 24.3 Å². The van der Waals surface area contributed by atoms with Gasteiger partial charge in [-0.1, -0.05) is 302 Å². The van der Waals surface area contributed by atoms with Crippen LogP contribution in [-0.4, -0.2) is 0 Å². The second-order valence-corrected chi connectivity index (χ2v) is 25.6. The Hall–Kier alpha value is -9.56. The predicted molar refractivity (Wildman–Crippen MR) is 362 cm³/mol. The molecule has 86 heavy (non-hydrogen) atoms. The van der Waals surface area contributed by atoms with Gasteiger partial charge in [-0.25, -0.2) is 0 Å². The summed E-state index contributed by atoms with van der Waals surface area (Å²) in [4.78, 5) is 0. The molecule has 0 aliphatic heterocycles. The number of hydrogen-bond acceptors (Lipinski definition) is 1. The van der Waals surface area contributed by atoms with Crippen molar-refractivity contribution in [2.45, 2.75) is 84.0 Å². The molecule has 1 heteroatoms. The highest BCUT2D eigenvalue weighted by Crippen LogP contribution is 2.52. The molecule has 0 aromatic heterocycles. The standard InChI is InChI=1S/C85H74O/c1-57-50-65(42-46-70(57)59-27-12-8-13-28-59)83-75-39-23-22-38-73(75)79-54-66(84(2,3)4)43-47-76(79)82(62-33-18-11-19-34-62)77-48-44-67(85(5,6)7)55-80(77)74-49-45-69(56-81(74)83)86-68-37-24-26-58(52-68)51-63-35-20-21-36-64(63)53-78-71(60-29-14-9-15-30-60)40-25-41-72(78)61-31-16-10-17-32-61/h8-50,52,54-56,82-83H,51,53H2,1-7H3. The summed E-state index contributed by atoms with van der Waals surface area (Å²) in [7, 11) is 0. The van der Waals surface area contributed by atoms with Crippen molar-refractivity contribution in [2.24, 2.45) is 0 Å². The molecule has 12 aromatic rings. The topological polar surface area (TPSA) is 9.23 Å². The van der Waals surface area contributed by atoms with Crippen molar-refractivity contribution in [2.75, 3.05) is 0 Å². The van der Waals surface area contributed by atoms with Crippen molar-refractivity contribution >= 4 is 0 Å². The minimum atomic E-state index is -0.184. The lowest BCUT2D eigenvalue weighted by Crippen LogP contribution is -2.17. The Morgan fingerprint density at radius 3 is 1.34 bits per heavy atom. The molecule has 0 spiro atoms. The quantitative estimate of drug-likeness (QED) is 0.125. The fourth-order valence-electron chi connectivity index (χ4n) is 13.3. The fourth-order valence-corrected chi connectivity index (χ4v) is 13.3. The van der Waals surface area contributed by atoms with Crippen LogP contribution < -0.4 is 4.74 Å². The molecular weight excluding hydrogens is 1040 g/mol. The van der Waals surface area contributed by atoms with E-state index in [4.69, 9.17) is 4.74 Å². The third-order valence-electron chi connectivity index (χ3n) is 17.8. The van der Waals surface area contributed by atoms with Gasteiger partial charge < -0.3 is 4.74 Å². The number of fused-ring (bicyclic) bond motifs is 6. The molecular formula is C85H74O. The molecule has 1 aliphatic carbocycles. The molecule has 0 bridgehead atoms. The van der Waals surface area contributed by atoms with E-state index in [2.05, 4.69) is 334 Å². The van der Waals surface area contributed by atoms with Gasteiger partial charge in [-0.05, 0) is 183 Å². The van der Waals surface area contributed by atoms with Crippen LogP contribution in [0.5, 0.6) is 11.5 Å². The zero-order chi connectivity index (χ0) is 58.9. The van der Waals surface area contributed by atoms with Gasteiger partial charge in [-0.15, -0.1) is 0 Å². The van der Waals surface area contributed by atoms with Gasteiger partial charge in [0.2, 0.25) is 0 Å². The molecule has 2 atom stereocenters. The van der Waals surface area contributed by atoms with Crippen LogP contribution in [0.2, 0.25) is 0 Å². The molecule has 13 rings (SSSR count). The largest absolute Gasteiger partial charge is 0.457 e. The smallest absolute Gasteiger partial charge is 0.127 e. The summed E-state index contributed by atoms with van der Waals surface area (Å²) in [5, 5.41) is 0. The average Bonchev–Trinajstić information content (AvgIpc) is 1.35. The van der Waals surface area contributed by atoms with Crippen LogP contribution in [0.4, 0.5) is 0 Å². The first-order chi connectivity index (χ1) is 41.8. The summed E-state index contributed by atoms with van der Waals surface area (Å²) in [5.74, 6) is 1.36. The first-order valence-electron chi connectivity index (χ1n) is 30.6.